The summed E-state index contributed by atoms with van der Waals surface area (Å²) in [4.78, 5) is 25.5. The molecule has 0 radical (unpaired) electrons. The van der Waals surface area contributed by atoms with E-state index in [2.05, 4.69) is 10.3 Å². The monoisotopic (exact) mass is 307 g/mol. The first kappa shape index (κ1) is 14.9. The van der Waals surface area contributed by atoms with E-state index in [1.807, 2.05) is 0 Å². The Morgan fingerprint density at radius 2 is 2.24 bits per heavy atom. The lowest BCUT2D eigenvalue weighted by Crippen LogP contribution is -2.09. The number of nitro benzene ring substituents is 1. The van der Waals surface area contributed by atoms with Crippen LogP contribution in [0, 0.1) is 17.0 Å². The number of rotatable bonds is 5. The lowest BCUT2D eigenvalue weighted by molar-refractivity contribution is -0.384. The number of nitrogens with one attached hydrogen (secondary N) is 1. The number of carbonyl (C=O) groups is 1. The SMILES string of the molecule is Cc1cccc(NC(C)c2nc(C(=O)O)cs2)c1[N+](=O)[O-]. The Labute approximate surface area is 124 Å². The van der Waals surface area contributed by atoms with Crippen molar-refractivity contribution in [3.63, 3.8) is 0 Å². The molecule has 0 fully saturated rings. The number of carboxylic acid groups (broad SMARTS) is 1. The number of nitro groups is 1. The topological polar surface area (TPSA) is 105 Å². The Morgan fingerprint density at radius 1 is 1.52 bits per heavy atom. The maximum Gasteiger partial charge on any atom is 0.355 e. The zero-order valence-electron chi connectivity index (χ0n) is 11.4. The zero-order chi connectivity index (χ0) is 15.6. The molecule has 0 aliphatic rings. The van der Waals surface area contributed by atoms with Gasteiger partial charge < -0.3 is 10.4 Å². The fourth-order valence-electron chi connectivity index (χ4n) is 1.90. The minimum absolute atomic E-state index is 0.0133. The van der Waals surface area contributed by atoms with Crippen molar-refractivity contribution in [3.05, 3.63) is 50.0 Å². The summed E-state index contributed by atoms with van der Waals surface area (Å²) in [6.07, 6.45) is 0. The molecule has 0 spiro atoms. The van der Waals surface area contributed by atoms with Crippen molar-refractivity contribution in [2.24, 2.45) is 0 Å². The summed E-state index contributed by atoms with van der Waals surface area (Å²) < 4.78 is 0. The Hall–Kier alpha value is -2.48. The van der Waals surface area contributed by atoms with E-state index in [0.717, 1.165) is 0 Å². The van der Waals surface area contributed by atoms with Crippen molar-refractivity contribution in [2.75, 3.05) is 5.32 Å². The van der Waals surface area contributed by atoms with Crippen LogP contribution in [0.4, 0.5) is 11.4 Å². The van der Waals surface area contributed by atoms with Crippen LogP contribution in [0.25, 0.3) is 0 Å². The highest BCUT2D eigenvalue weighted by Crippen LogP contribution is 2.31. The van der Waals surface area contributed by atoms with Gasteiger partial charge >= 0.3 is 5.97 Å². The van der Waals surface area contributed by atoms with Gasteiger partial charge in [-0.25, -0.2) is 9.78 Å². The van der Waals surface area contributed by atoms with Crippen molar-refractivity contribution in [1.82, 2.24) is 4.98 Å². The normalized spacial score (nSPS) is 11.9. The predicted octanol–water partition coefficient (Wildman–Crippen LogP) is 3.23. The van der Waals surface area contributed by atoms with Crippen molar-refractivity contribution in [2.45, 2.75) is 19.9 Å². The van der Waals surface area contributed by atoms with Gasteiger partial charge in [-0.05, 0) is 19.9 Å². The molecule has 0 amide bonds. The summed E-state index contributed by atoms with van der Waals surface area (Å²) in [6, 6.07) is 4.68. The van der Waals surface area contributed by atoms with Crippen LogP contribution in [0.3, 0.4) is 0 Å². The van der Waals surface area contributed by atoms with Gasteiger partial charge in [-0.2, -0.15) is 0 Å². The first-order chi connectivity index (χ1) is 9.90. The number of aromatic carboxylic acids is 1. The highest BCUT2D eigenvalue weighted by Gasteiger charge is 2.20. The number of carboxylic acids is 1. The molecule has 0 bridgehead atoms. The highest BCUT2D eigenvalue weighted by molar-refractivity contribution is 7.09. The van der Waals surface area contributed by atoms with Crippen LogP contribution >= 0.6 is 11.3 Å². The van der Waals surface area contributed by atoms with Crippen LogP contribution in [0.15, 0.2) is 23.6 Å². The second-order valence-electron chi connectivity index (χ2n) is 4.47. The number of aromatic nitrogens is 1. The highest BCUT2D eigenvalue weighted by atomic mass is 32.1. The number of benzene rings is 1. The minimum atomic E-state index is -1.09. The molecule has 110 valence electrons. The molecule has 1 heterocycles. The van der Waals surface area contributed by atoms with E-state index in [1.165, 1.54) is 16.7 Å². The van der Waals surface area contributed by atoms with Crippen molar-refractivity contribution < 1.29 is 14.8 Å². The van der Waals surface area contributed by atoms with E-state index in [4.69, 9.17) is 5.11 Å². The zero-order valence-corrected chi connectivity index (χ0v) is 12.2. The number of nitrogens with zero attached hydrogens (tertiary/aromatic N) is 2. The lowest BCUT2D eigenvalue weighted by Gasteiger charge is -2.13. The predicted molar refractivity (Wildman–Crippen MR) is 78.9 cm³/mol. The minimum Gasteiger partial charge on any atom is -0.476 e. The second kappa shape index (κ2) is 5.88. The van der Waals surface area contributed by atoms with Crippen LogP contribution in [0.1, 0.15) is 34.0 Å². The molecule has 1 aromatic heterocycles. The summed E-state index contributed by atoms with van der Waals surface area (Å²) in [5, 5.41) is 25.0. The molecule has 21 heavy (non-hydrogen) atoms. The number of aryl methyl sites for hydroxylation is 1. The van der Waals surface area contributed by atoms with Crippen LogP contribution < -0.4 is 5.32 Å². The quantitative estimate of drug-likeness (QED) is 0.649. The first-order valence-corrected chi connectivity index (χ1v) is 6.97. The summed E-state index contributed by atoms with van der Waals surface area (Å²) in [6.45, 7) is 3.44. The summed E-state index contributed by atoms with van der Waals surface area (Å²) in [5.74, 6) is -1.09. The van der Waals surface area contributed by atoms with Gasteiger partial charge in [0.1, 0.15) is 10.7 Å². The van der Waals surface area contributed by atoms with Crippen LogP contribution in [-0.4, -0.2) is 21.0 Å². The fourth-order valence-corrected chi connectivity index (χ4v) is 2.70. The molecule has 8 heteroatoms. The lowest BCUT2D eigenvalue weighted by atomic mass is 10.1. The molecule has 0 aliphatic carbocycles. The third-order valence-electron chi connectivity index (χ3n) is 2.90. The van der Waals surface area contributed by atoms with Gasteiger partial charge in [0, 0.05) is 10.9 Å². The molecule has 0 aliphatic heterocycles. The van der Waals surface area contributed by atoms with Gasteiger partial charge in [0.15, 0.2) is 5.69 Å². The molecule has 1 aromatic carbocycles. The van der Waals surface area contributed by atoms with Crippen molar-refractivity contribution in [3.8, 4) is 0 Å². The Morgan fingerprint density at radius 3 is 2.81 bits per heavy atom. The summed E-state index contributed by atoms with van der Waals surface area (Å²) >= 11 is 1.20. The van der Waals surface area contributed by atoms with Gasteiger partial charge in [-0.3, -0.25) is 10.1 Å². The van der Waals surface area contributed by atoms with Gasteiger partial charge in [0.25, 0.3) is 5.69 Å². The number of hydrogen-bond acceptors (Lipinski definition) is 6. The van der Waals surface area contributed by atoms with E-state index in [0.29, 0.717) is 16.3 Å². The van der Waals surface area contributed by atoms with E-state index in [-0.39, 0.29) is 17.4 Å². The average molecular weight is 307 g/mol. The molecular weight excluding hydrogens is 294 g/mol. The van der Waals surface area contributed by atoms with E-state index < -0.39 is 10.9 Å². The van der Waals surface area contributed by atoms with E-state index in [9.17, 15) is 14.9 Å². The maximum absolute atomic E-state index is 11.1. The molecule has 2 aromatic rings. The van der Waals surface area contributed by atoms with E-state index >= 15 is 0 Å². The third-order valence-corrected chi connectivity index (χ3v) is 3.93. The molecule has 0 saturated carbocycles. The fraction of sp³-hybridized carbons (Fsp3) is 0.231. The standard InChI is InChI=1S/C13H13N3O4S/c1-7-4-3-5-9(11(7)16(19)20)14-8(2)12-15-10(6-21-12)13(17)18/h3-6,8,14H,1-2H3,(H,17,18). The van der Waals surface area contributed by atoms with Crippen LogP contribution in [0.5, 0.6) is 0 Å². The number of hydrogen-bond donors (Lipinski definition) is 2. The molecule has 2 N–H and O–H groups in total. The van der Waals surface area contributed by atoms with Crippen molar-refractivity contribution in [1.29, 1.82) is 0 Å². The maximum atomic E-state index is 11.1. The summed E-state index contributed by atoms with van der Waals surface area (Å²) in [7, 11) is 0. The Kier molecular flexibility index (Phi) is 4.18. The van der Waals surface area contributed by atoms with Gasteiger partial charge in [0.2, 0.25) is 0 Å². The molecule has 1 atom stereocenters. The number of para-hydroxylation sites is 1. The molecule has 7 nitrogen and oxygen atoms in total. The number of thiazole rings is 1. The first-order valence-electron chi connectivity index (χ1n) is 6.09. The van der Waals surface area contributed by atoms with Gasteiger partial charge in [-0.1, -0.05) is 12.1 Å². The average Bonchev–Trinajstić information content (AvgIpc) is 2.88. The molecular formula is C13H13N3O4S. The molecule has 0 saturated heterocycles. The van der Waals surface area contributed by atoms with E-state index in [1.54, 1.807) is 32.0 Å². The van der Waals surface area contributed by atoms with Crippen LogP contribution in [-0.2, 0) is 0 Å². The largest absolute Gasteiger partial charge is 0.476 e. The number of anilines is 1. The van der Waals surface area contributed by atoms with Crippen LogP contribution in [0.2, 0.25) is 0 Å². The third kappa shape index (κ3) is 3.16. The second-order valence-corrected chi connectivity index (χ2v) is 5.36. The molecule has 2 rings (SSSR count). The van der Waals surface area contributed by atoms with Gasteiger partial charge in [-0.15, -0.1) is 11.3 Å². The molecule has 1 unspecified atom stereocenters. The van der Waals surface area contributed by atoms with Crippen molar-refractivity contribution >= 4 is 28.7 Å². The Balaban J connectivity index is 2.27. The Bertz CT molecular complexity index is 698. The smallest absolute Gasteiger partial charge is 0.355 e. The van der Waals surface area contributed by atoms with Gasteiger partial charge in [0.05, 0.1) is 11.0 Å². The summed E-state index contributed by atoms with van der Waals surface area (Å²) in [5.41, 5.74) is 0.934.